The SMILES string of the molecule is CCCN(CCN1CCN(c2ccc3c(c2)C(=O)CN3)CC1)C1CCc2nc(N)sc2C1. The molecule has 1 unspecified atom stereocenters. The van der Waals surface area contributed by atoms with Crippen LogP contribution in [0.2, 0.25) is 0 Å². The van der Waals surface area contributed by atoms with Crippen LogP contribution in [0.5, 0.6) is 0 Å². The van der Waals surface area contributed by atoms with Gasteiger partial charge in [0.1, 0.15) is 0 Å². The number of benzene rings is 1. The number of aromatic nitrogens is 1. The Morgan fingerprint density at radius 1 is 1.25 bits per heavy atom. The highest BCUT2D eigenvalue weighted by Crippen LogP contribution is 2.31. The monoisotopic (exact) mass is 454 g/mol. The molecule has 3 aliphatic rings. The van der Waals surface area contributed by atoms with Crippen molar-refractivity contribution >= 4 is 33.6 Å². The number of nitrogens with zero attached hydrogens (tertiary/aromatic N) is 4. The van der Waals surface area contributed by atoms with E-state index in [1.807, 2.05) is 0 Å². The Hall–Kier alpha value is -2.16. The third kappa shape index (κ3) is 4.49. The van der Waals surface area contributed by atoms with Crippen LogP contribution < -0.4 is 16.0 Å². The van der Waals surface area contributed by atoms with Crippen molar-refractivity contribution in [3.8, 4) is 0 Å². The summed E-state index contributed by atoms with van der Waals surface area (Å²) in [7, 11) is 0. The summed E-state index contributed by atoms with van der Waals surface area (Å²) in [6.07, 6.45) is 4.54. The molecule has 7 nitrogen and oxygen atoms in total. The number of anilines is 3. The number of thiazole rings is 1. The molecule has 3 N–H and O–H groups in total. The first-order valence-electron chi connectivity index (χ1n) is 12.0. The molecule has 0 bridgehead atoms. The van der Waals surface area contributed by atoms with E-state index in [0.29, 0.717) is 12.6 Å². The minimum absolute atomic E-state index is 0.201. The Morgan fingerprint density at radius 2 is 2.09 bits per heavy atom. The van der Waals surface area contributed by atoms with E-state index in [4.69, 9.17) is 5.73 Å². The van der Waals surface area contributed by atoms with Crippen molar-refractivity contribution in [1.82, 2.24) is 14.8 Å². The summed E-state index contributed by atoms with van der Waals surface area (Å²) >= 11 is 1.68. The summed E-state index contributed by atoms with van der Waals surface area (Å²) in [5.41, 5.74) is 10.2. The van der Waals surface area contributed by atoms with Gasteiger partial charge in [-0.3, -0.25) is 14.6 Å². The fraction of sp³-hybridized carbons (Fsp3) is 0.583. The van der Waals surface area contributed by atoms with E-state index >= 15 is 0 Å². The largest absolute Gasteiger partial charge is 0.377 e. The van der Waals surface area contributed by atoms with Crippen LogP contribution in [0.1, 0.15) is 40.7 Å². The fourth-order valence-electron chi connectivity index (χ4n) is 5.34. The van der Waals surface area contributed by atoms with Crippen molar-refractivity contribution in [2.45, 2.75) is 38.6 Å². The first-order valence-corrected chi connectivity index (χ1v) is 12.8. The Balaban J connectivity index is 1.14. The first-order chi connectivity index (χ1) is 15.6. The van der Waals surface area contributed by atoms with E-state index in [1.54, 1.807) is 11.3 Å². The van der Waals surface area contributed by atoms with Gasteiger partial charge in [-0.05, 0) is 50.4 Å². The topological polar surface area (TPSA) is 77.7 Å². The zero-order valence-electron chi connectivity index (χ0n) is 19.0. The van der Waals surface area contributed by atoms with Crippen LogP contribution in [0.4, 0.5) is 16.5 Å². The standard InChI is InChI=1S/C24H34N6OS/c1-2-7-29(18-4-6-21-23(15-18)32-24(25)27-21)11-8-28-9-12-30(13-10-28)17-3-5-20-19(14-17)22(31)16-26-20/h3,5,14,18,26H,2,4,6-13,15-16H2,1H3,(H2,25,27). The summed E-state index contributed by atoms with van der Waals surface area (Å²) in [4.78, 5) is 25.7. The highest BCUT2D eigenvalue weighted by atomic mass is 32.1. The van der Waals surface area contributed by atoms with E-state index in [1.165, 1.54) is 29.1 Å². The molecule has 2 aromatic rings. The van der Waals surface area contributed by atoms with Crippen molar-refractivity contribution in [2.24, 2.45) is 0 Å². The number of carbonyl (C=O) groups is 1. The number of aryl methyl sites for hydroxylation is 1. The molecule has 172 valence electrons. The zero-order chi connectivity index (χ0) is 22.1. The van der Waals surface area contributed by atoms with Gasteiger partial charge in [0.25, 0.3) is 0 Å². The molecular formula is C24H34N6OS. The first kappa shape index (κ1) is 21.7. The lowest BCUT2D eigenvalue weighted by molar-refractivity contribution is 0.101. The van der Waals surface area contributed by atoms with Gasteiger partial charge in [-0.25, -0.2) is 4.98 Å². The molecule has 1 fully saturated rings. The maximum absolute atomic E-state index is 12.1. The number of piperazine rings is 1. The Labute approximate surface area is 194 Å². The van der Waals surface area contributed by atoms with Gasteiger partial charge < -0.3 is 16.0 Å². The van der Waals surface area contributed by atoms with Gasteiger partial charge in [-0.2, -0.15) is 0 Å². The molecule has 1 saturated heterocycles. The Bertz CT molecular complexity index is 967. The lowest BCUT2D eigenvalue weighted by Crippen LogP contribution is -2.50. The van der Waals surface area contributed by atoms with Crippen molar-refractivity contribution in [3.05, 3.63) is 34.3 Å². The van der Waals surface area contributed by atoms with Crippen LogP contribution in [0.25, 0.3) is 0 Å². The number of nitrogens with one attached hydrogen (secondary N) is 1. The average molecular weight is 455 g/mol. The summed E-state index contributed by atoms with van der Waals surface area (Å²) in [6, 6.07) is 6.88. The van der Waals surface area contributed by atoms with E-state index in [9.17, 15) is 4.79 Å². The number of Topliss-reactive ketones (excluding diaryl/α,β-unsaturated/α-hetero) is 1. The number of fused-ring (bicyclic) bond motifs is 2. The zero-order valence-corrected chi connectivity index (χ0v) is 19.8. The van der Waals surface area contributed by atoms with E-state index in [0.717, 1.165) is 75.0 Å². The lowest BCUT2D eigenvalue weighted by Gasteiger charge is -2.39. The second-order valence-corrected chi connectivity index (χ2v) is 10.3. The molecule has 2 aliphatic heterocycles. The highest BCUT2D eigenvalue weighted by molar-refractivity contribution is 7.15. The summed E-state index contributed by atoms with van der Waals surface area (Å²) in [5.74, 6) is 0.201. The molecule has 0 amide bonds. The van der Waals surface area contributed by atoms with Gasteiger partial charge in [0, 0.05) is 67.1 Å². The quantitative estimate of drug-likeness (QED) is 0.666. The number of nitrogens with two attached hydrogens (primary N) is 1. The van der Waals surface area contributed by atoms with Gasteiger partial charge in [-0.15, -0.1) is 11.3 Å². The summed E-state index contributed by atoms with van der Waals surface area (Å²) in [6.45, 7) is 10.3. The molecule has 1 aromatic carbocycles. The van der Waals surface area contributed by atoms with Crippen LogP contribution in [0, 0.1) is 0 Å². The van der Waals surface area contributed by atoms with Crippen LogP contribution >= 0.6 is 11.3 Å². The fourth-order valence-corrected chi connectivity index (χ4v) is 6.29. The molecule has 3 heterocycles. The van der Waals surface area contributed by atoms with Crippen molar-refractivity contribution in [3.63, 3.8) is 0 Å². The van der Waals surface area contributed by atoms with Crippen molar-refractivity contribution in [1.29, 1.82) is 0 Å². The van der Waals surface area contributed by atoms with Gasteiger partial charge in [0.2, 0.25) is 0 Å². The van der Waals surface area contributed by atoms with Crippen LogP contribution in [0.3, 0.4) is 0 Å². The molecule has 1 atom stereocenters. The molecule has 8 heteroatoms. The maximum Gasteiger partial charge on any atom is 0.184 e. The highest BCUT2D eigenvalue weighted by Gasteiger charge is 2.27. The number of nitrogen functional groups attached to an aromatic ring is 1. The minimum atomic E-state index is 0.201. The van der Waals surface area contributed by atoms with Crippen molar-refractivity contribution in [2.75, 3.05) is 68.3 Å². The molecular weight excluding hydrogens is 420 g/mol. The summed E-state index contributed by atoms with van der Waals surface area (Å²) < 4.78 is 0. The number of carbonyl (C=O) groups excluding carboxylic acids is 1. The minimum Gasteiger partial charge on any atom is -0.377 e. The number of hydrogen-bond acceptors (Lipinski definition) is 8. The van der Waals surface area contributed by atoms with Gasteiger partial charge in [0.05, 0.1) is 12.2 Å². The molecule has 1 aliphatic carbocycles. The summed E-state index contributed by atoms with van der Waals surface area (Å²) in [5, 5.41) is 3.89. The number of rotatable bonds is 7. The third-order valence-corrected chi connectivity index (χ3v) is 8.09. The number of ketones is 1. The molecule has 32 heavy (non-hydrogen) atoms. The molecule has 0 spiro atoms. The maximum atomic E-state index is 12.1. The van der Waals surface area contributed by atoms with Gasteiger partial charge in [-0.1, -0.05) is 6.92 Å². The van der Waals surface area contributed by atoms with E-state index in [2.05, 4.69) is 50.1 Å². The molecule has 1 aromatic heterocycles. The lowest BCUT2D eigenvalue weighted by atomic mass is 9.96. The second kappa shape index (κ2) is 9.37. The Kier molecular flexibility index (Phi) is 6.35. The molecule has 0 saturated carbocycles. The van der Waals surface area contributed by atoms with Crippen LogP contribution in [-0.2, 0) is 12.8 Å². The average Bonchev–Trinajstić information content (AvgIpc) is 3.37. The second-order valence-electron chi connectivity index (χ2n) is 9.19. The predicted octanol–water partition coefficient (Wildman–Crippen LogP) is 2.73. The molecule has 5 rings (SSSR count). The van der Waals surface area contributed by atoms with Crippen LogP contribution in [-0.4, -0.2) is 79.0 Å². The van der Waals surface area contributed by atoms with Gasteiger partial charge >= 0.3 is 0 Å². The molecule has 0 radical (unpaired) electrons. The normalized spacial score (nSPS) is 21.0. The van der Waals surface area contributed by atoms with E-state index < -0.39 is 0 Å². The third-order valence-electron chi connectivity index (χ3n) is 7.14. The van der Waals surface area contributed by atoms with Crippen LogP contribution in [0.15, 0.2) is 18.2 Å². The van der Waals surface area contributed by atoms with E-state index in [-0.39, 0.29) is 5.78 Å². The smallest absolute Gasteiger partial charge is 0.184 e. The Morgan fingerprint density at radius 3 is 2.91 bits per heavy atom. The van der Waals surface area contributed by atoms with Gasteiger partial charge in [0.15, 0.2) is 10.9 Å². The van der Waals surface area contributed by atoms with Crippen molar-refractivity contribution < 1.29 is 4.79 Å². The predicted molar refractivity (Wildman–Crippen MR) is 132 cm³/mol. The number of hydrogen-bond donors (Lipinski definition) is 2.